The van der Waals surface area contributed by atoms with Crippen molar-refractivity contribution in [2.45, 2.75) is 11.7 Å². The van der Waals surface area contributed by atoms with Gasteiger partial charge in [0.2, 0.25) is 11.8 Å². The second-order valence-electron chi connectivity index (χ2n) is 6.09. The molecular weight excluding hydrogens is 395 g/mol. The number of thioether (sulfide) groups is 1. The van der Waals surface area contributed by atoms with E-state index >= 15 is 0 Å². The predicted molar refractivity (Wildman–Crippen MR) is 112 cm³/mol. The molecule has 1 saturated heterocycles. The van der Waals surface area contributed by atoms with Gasteiger partial charge in [-0.15, -0.1) is 5.10 Å². The molecule has 29 heavy (non-hydrogen) atoms. The van der Waals surface area contributed by atoms with Crippen LogP contribution in [0.5, 0.6) is 5.75 Å². The lowest BCUT2D eigenvalue weighted by molar-refractivity contribution is -0.123. The van der Waals surface area contributed by atoms with Crippen LogP contribution in [0.4, 0.5) is 10.1 Å². The highest BCUT2D eigenvalue weighted by atomic mass is 32.2. The maximum Gasteiger partial charge on any atom is 0.238 e. The van der Waals surface area contributed by atoms with E-state index in [1.54, 1.807) is 36.4 Å². The van der Waals surface area contributed by atoms with E-state index in [4.69, 9.17) is 4.74 Å². The van der Waals surface area contributed by atoms with E-state index in [9.17, 15) is 14.0 Å². The maximum absolute atomic E-state index is 13.0. The monoisotopic (exact) mass is 414 g/mol. The Kier molecular flexibility index (Phi) is 6.50. The molecule has 7 nitrogen and oxygen atoms in total. The molecule has 0 aliphatic carbocycles. The molecule has 1 atom stereocenters. The van der Waals surface area contributed by atoms with E-state index in [1.807, 2.05) is 0 Å². The third-order valence-corrected chi connectivity index (χ3v) is 5.07. The highest BCUT2D eigenvalue weighted by molar-refractivity contribution is 8.15. The number of carbonyl (C=O) groups is 2. The third kappa shape index (κ3) is 5.58. The highest BCUT2D eigenvalue weighted by Gasteiger charge is 2.30. The first-order chi connectivity index (χ1) is 13.9. The summed E-state index contributed by atoms with van der Waals surface area (Å²) in [5.41, 5.74) is 4.37. The summed E-state index contributed by atoms with van der Waals surface area (Å²) in [6.07, 6.45) is 0.0262. The molecular formula is C20H19FN4O3S. The van der Waals surface area contributed by atoms with Crippen molar-refractivity contribution in [2.75, 3.05) is 12.4 Å². The number of nitrogens with one attached hydrogen (secondary N) is 3. The smallest absolute Gasteiger partial charge is 0.238 e. The van der Waals surface area contributed by atoms with Crippen LogP contribution in [0.15, 0.2) is 60.2 Å². The minimum Gasteiger partial charge on any atom is -0.497 e. The number of amidine groups is 1. The fourth-order valence-electron chi connectivity index (χ4n) is 2.50. The number of halogens is 1. The van der Waals surface area contributed by atoms with Crippen LogP contribution in [-0.4, -0.2) is 29.3 Å². The predicted octanol–water partition coefficient (Wildman–Crippen LogP) is 2.93. The van der Waals surface area contributed by atoms with E-state index in [-0.39, 0.29) is 29.2 Å². The highest BCUT2D eigenvalue weighted by Crippen LogP contribution is 2.24. The van der Waals surface area contributed by atoms with E-state index in [0.29, 0.717) is 22.7 Å². The van der Waals surface area contributed by atoms with Crippen LogP contribution >= 0.6 is 11.8 Å². The van der Waals surface area contributed by atoms with Crippen molar-refractivity contribution in [3.8, 4) is 5.75 Å². The molecule has 3 rings (SSSR count). The number of hydrogen-bond donors (Lipinski definition) is 3. The van der Waals surface area contributed by atoms with Gasteiger partial charge in [-0.1, -0.05) is 24.4 Å². The summed E-state index contributed by atoms with van der Waals surface area (Å²) in [6.45, 7) is 3.83. The summed E-state index contributed by atoms with van der Waals surface area (Å²) in [4.78, 5) is 24.6. The summed E-state index contributed by atoms with van der Waals surface area (Å²) < 4.78 is 18.2. The summed E-state index contributed by atoms with van der Waals surface area (Å²) in [7, 11) is 1.54. The molecule has 2 aromatic carbocycles. The molecule has 2 aromatic rings. The summed E-state index contributed by atoms with van der Waals surface area (Å²) >= 11 is 1.12. The molecule has 0 unspecified atom stereocenters. The number of benzene rings is 2. The van der Waals surface area contributed by atoms with Crippen molar-refractivity contribution in [3.63, 3.8) is 0 Å². The standard InChI is InChI=1S/C20H19FN4O3S/c1-12(13-6-8-14(21)9-7-13)24-25-20-23-18(26)11-17(29-20)19(27)22-15-4-3-5-16(10-15)28-2/h3-10,17,24H,1,11H2,2H3,(H,22,27)(H,23,25,26)/t17-/m0/s1. The zero-order valence-corrected chi connectivity index (χ0v) is 16.4. The minimum atomic E-state index is -0.644. The number of carbonyl (C=O) groups excluding carboxylic acids is 2. The summed E-state index contributed by atoms with van der Waals surface area (Å²) in [5, 5.41) is 9.09. The first-order valence-corrected chi connectivity index (χ1v) is 9.52. The van der Waals surface area contributed by atoms with Crippen LogP contribution in [-0.2, 0) is 9.59 Å². The van der Waals surface area contributed by atoms with Gasteiger partial charge in [-0.25, -0.2) is 4.39 Å². The van der Waals surface area contributed by atoms with Crippen molar-refractivity contribution < 1.29 is 18.7 Å². The molecule has 0 radical (unpaired) electrons. The fraction of sp³-hybridized carbons (Fsp3) is 0.150. The lowest BCUT2D eigenvalue weighted by atomic mass is 10.2. The zero-order chi connectivity index (χ0) is 20.8. The number of ether oxygens (including phenoxy) is 1. The Morgan fingerprint density at radius 3 is 2.79 bits per heavy atom. The first-order valence-electron chi connectivity index (χ1n) is 8.64. The molecule has 1 aliphatic rings. The van der Waals surface area contributed by atoms with Crippen LogP contribution in [0, 0.1) is 5.82 Å². The van der Waals surface area contributed by atoms with Crippen LogP contribution in [0.1, 0.15) is 12.0 Å². The van der Waals surface area contributed by atoms with Gasteiger partial charge in [0.15, 0.2) is 5.17 Å². The number of anilines is 1. The Bertz CT molecular complexity index is 962. The zero-order valence-electron chi connectivity index (χ0n) is 15.6. The molecule has 0 spiro atoms. The quantitative estimate of drug-likeness (QED) is 0.632. The molecule has 0 bridgehead atoms. The number of hydrogen-bond acceptors (Lipinski definition) is 6. The lowest BCUT2D eigenvalue weighted by Gasteiger charge is -2.22. The van der Waals surface area contributed by atoms with Crippen molar-refractivity contribution in [1.29, 1.82) is 0 Å². The molecule has 150 valence electrons. The third-order valence-electron chi connectivity index (χ3n) is 3.99. The van der Waals surface area contributed by atoms with Crippen molar-refractivity contribution in [3.05, 3.63) is 66.5 Å². The molecule has 2 amide bonds. The maximum atomic E-state index is 13.0. The summed E-state index contributed by atoms with van der Waals surface area (Å²) in [6, 6.07) is 12.7. The molecule has 0 aromatic heterocycles. The second-order valence-corrected chi connectivity index (χ2v) is 7.29. The normalized spacial score (nSPS) is 17.4. The van der Waals surface area contributed by atoms with E-state index < -0.39 is 5.25 Å². The first kappa shape index (κ1) is 20.4. The molecule has 0 saturated carbocycles. The van der Waals surface area contributed by atoms with Crippen molar-refractivity contribution >= 4 is 40.1 Å². The topological polar surface area (TPSA) is 91.8 Å². The lowest BCUT2D eigenvalue weighted by Crippen LogP contribution is -2.42. The van der Waals surface area contributed by atoms with Gasteiger partial charge in [0.1, 0.15) is 16.8 Å². The second kappa shape index (κ2) is 9.24. The Labute approximate surface area is 171 Å². The molecule has 1 heterocycles. The van der Waals surface area contributed by atoms with Gasteiger partial charge in [-0.2, -0.15) is 0 Å². The van der Waals surface area contributed by atoms with Crippen molar-refractivity contribution in [1.82, 2.24) is 10.7 Å². The Morgan fingerprint density at radius 2 is 2.07 bits per heavy atom. The summed E-state index contributed by atoms with van der Waals surface area (Å²) in [5.74, 6) is -0.374. The number of nitrogens with zero attached hydrogens (tertiary/aromatic N) is 1. The van der Waals surface area contributed by atoms with E-state index in [2.05, 4.69) is 27.7 Å². The number of methoxy groups -OCH3 is 1. The molecule has 1 fully saturated rings. The molecule has 3 N–H and O–H groups in total. The van der Waals surface area contributed by atoms with E-state index in [0.717, 1.165) is 11.8 Å². The van der Waals surface area contributed by atoms with Gasteiger partial charge in [-0.05, 0) is 42.0 Å². The van der Waals surface area contributed by atoms with Gasteiger partial charge < -0.3 is 15.4 Å². The average molecular weight is 414 g/mol. The Morgan fingerprint density at radius 1 is 1.31 bits per heavy atom. The van der Waals surface area contributed by atoms with Crippen LogP contribution in [0.25, 0.3) is 5.70 Å². The number of amides is 2. The number of rotatable bonds is 6. The van der Waals surface area contributed by atoms with Crippen LogP contribution in [0.3, 0.4) is 0 Å². The largest absolute Gasteiger partial charge is 0.497 e. The van der Waals surface area contributed by atoms with Gasteiger partial charge in [-0.3, -0.25) is 15.0 Å². The van der Waals surface area contributed by atoms with E-state index in [1.165, 1.54) is 19.2 Å². The SMILES string of the molecule is C=C(N/N=C1\NC(=O)C[C@@H](C(=O)Nc2cccc(OC)c2)S1)c1ccc(F)cc1. The Balaban J connectivity index is 1.63. The fourth-order valence-corrected chi connectivity index (χ4v) is 3.44. The Hall–Kier alpha value is -3.33. The minimum absolute atomic E-state index is 0.0262. The van der Waals surface area contributed by atoms with Gasteiger partial charge in [0.05, 0.1) is 12.8 Å². The average Bonchev–Trinajstić information content (AvgIpc) is 2.72. The van der Waals surface area contributed by atoms with Gasteiger partial charge in [0.25, 0.3) is 0 Å². The van der Waals surface area contributed by atoms with Crippen LogP contribution in [0.2, 0.25) is 0 Å². The van der Waals surface area contributed by atoms with Crippen molar-refractivity contribution in [2.24, 2.45) is 5.10 Å². The van der Waals surface area contributed by atoms with Gasteiger partial charge >= 0.3 is 0 Å². The molecule has 9 heteroatoms. The number of hydrazone groups is 1. The van der Waals surface area contributed by atoms with Crippen LogP contribution < -0.4 is 20.8 Å². The molecule has 1 aliphatic heterocycles. The van der Waals surface area contributed by atoms with Gasteiger partial charge in [0, 0.05) is 18.2 Å².